The van der Waals surface area contributed by atoms with E-state index < -0.39 is 5.60 Å². The molecule has 1 aliphatic carbocycles. The first-order valence-electron chi connectivity index (χ1n) is 11.7. The largest absolute Gasteiger partial charge is 0.387 e. The normalized spacial score (nSPS) is 32.9. The molecule has 160 valence electrons. The summed E-state index contributed by atoms with van der Waals surface area (Å²) in [5.74, 6) is 0.0950. The molecule has 1 N–H and O–H groups in total. The summed E-state index contributed by atoms with van der Waals surface area (Å²) < 4.78 is 0. The van der Waals surface area contributed by atoms with Crippen molar-refractivity contribution in [3.8, 4) is 0 Å². The van der Waals surface area contributed by atoms with Gasteiger partial charge in [-0.15, -0.1) is 0 Å². The number of β-amino-alcohol motifs (C(OH)–C–C–N with tert-alkyl or cyclic N) is 1. The minimum absolute atomic E-state index is 0.0950. The highest BCUT2D eigenvalue weighted by molar-refractivity contribution is 5.73. The zero-order valence-corrected chi connectivity index (χ0v) is 17.8. The van der Waals surface area contributed by atoms with Gasteiger partial charge in [-0.1, -0.05) is 19.3 Å². The van der Waals surface area contributed by atoms with Gasteiger partial charge in [-0.3, -0.25) is 19.5 Å². The monoisotopic (exact) mass is 392 g/mol. The standard InChI is InChI=1S/C22H40N4O2/c1-19(27)26-10-6-5-9-22(28,18-26)17-23-15-21(16-23)25-13-11-24(12-14-25)20-7-3-2-4-8-20/h20-21,28H,2-18H2,1H3. The van der Waals surface area contributed by atoms with Crippen LogP contribution in [0.15, 0.2) is 0 Å². The number of hydrogen-bond donors (Lipinski definition) is 1. The third-order valence-electron chi connectivity index (χ3n) is 7.66. The van der Waals surface area contributed by atoms with Crippen LogP contribution in [-0.4, -0.2) is 107 Å². The van der Waals surface area contributed by atoms with Crippen molar-refractivity contribution in [2.75, 3.05) is 58.9 Å². The molecule has 0 aromatic heterocycles. The summed E-state index contributed by atoms with van der Waals surface area (Å²) in [6.45, 7) is 10.7. The molecule has 0 spiro atoms. The van der Waals surface area contributed by atoms with Gasteiger partial charge in [0, 0.05) is 71.4 Å². The van der Waals surface area contributed by atoms with Crippen molar-refractivity contribution in [3.63, 3.8) is 0 Å². The predicted molar refractivity (Wildman–Crippen MR) is 111 cm³/mol. The van der Waals surface area contributed by atoms with Crippen LogP contribution in [0.25, 0.3) is 0 Å². The Morgan fingerprint density at radius 2 is 1.54 bits per heavy atom. The van der Waals surface area contributed by atoms with Gasteiger partial charge in [-0.2, -0.15) is 0 Å². The first-order valence-corrected chi connectivity index (χ1v) is 11.7. The molecule has 6 nitrogen and oxygen atoms in total. The second kappa shape index (κ2) is 8.99. The molecule has 4 fully saturated rings. The maximum Gasteiger partial charge on any atom is 0.219 e. The molecule has 1 atom stereocenters. The number of aliphatic hydroxyl groups is 1. The third kappa shape index (κ3) is 4.89. The molecule has 0 radical (unpaired) electrons. The quantitative estimate of drug-likeness (QED) is 0.783. The van der Waals surface area contributed by atoms with Crippen LogP contribution in [0, 0.1) is 0 Å². The highest BCUT2D eigenvalue weighted by atomic mass is 16.3. The van der Waals surface area contributed by atoms with E-state index in [0.29, 0.717) is 12.6 Å². The lowest BCUT2D eigenvalue weighted by molar-refractivity contribution is -0.133. The Labute approximate surface area is 170 Å². The molecule has 0 aromatic carbocycles. The average Bonchev–Trinajstić information content (AvgIpc) is 2.87. The molecular weight excluding hydrogens is 352 g/mol. The van der Waals surface area contributed by atoms with E-state index in [4.69, 9.17) is 0 Å². The van der Waals surface area contributed by atoms with Crippen LogP contribution in [0.2, 0.25) is 0 Å². The Bertz CT molecular complexity index is 525. The minimum atomic E-state index is -0.729. The smallest absolute Gasteiger partial charge is 0.219 e. The molecule has 0 aromatic rings. The van der Waals surface area contributed by atoms with Crippen LogP contribution in [0.3, 0.4) is 0 Å². The van der Waals surface area contributed by atoms with Gasteiger partial charge >= 0.3 is 0 Å². The Hall–Kier alpha value is -0.690. The number of carbonyl (C=O) groups is 1. The molecule has 6 heteroatoms. The van der Waals surface area contributed by atoms with Gasteiger partial charge in [-0.25, -0.2) is 0 Å². The van der Waals surface area contributed by atoms with Crippen molar-refractivity contribution in [1.29, 1.82) is 0 Å². The highest BCUT2D eigenvalue weighted by Crippen LogP contribution is 2.27. The molecule has 3 saturated heterocycles. The Kier molecular flexibility index (Phi) is 6.60. The van der Waals surface area contributed by atoms with Gasteiger partial charge in [0.25, 0.3) is 0 Å². The molecule has 4 aliphatic rings. The summed E-state index contributed by atoms with van der Waals surface area (Å²) in [4.78, 5) is 21.5. The summed E-state index contributed by atoms with van der Waals surface area (Å²) in [5.41, 5.74) is -0.729. The summed E-state index contributed by atoms with van der Waals surface area (Å²) in [5, 5.41) is 11.1. The van der Waals surface area contributed by atoms with Crippen molar-refractivity contribution in [2.24, 2.45) is 0 Å². The van der Waals surface area contributed by atoms with Crippen LogP contribution >= 0.6 is 0 Å². The summed E-state index contributed by atoms with van der Waals surface area (Å²) in [6, 6.07) is 1.51. The van der Waals surface area contributed by atoms with Crippen LogP contribution in [-0.2, 0) is 4.79 Å². The van der Waals surface area contributed by atoms with Crippen LogP contribution in [0.1, 0.15) is 58.3 Å². The number of carbonyl (C=O) groups excluding carboxylic acids is 1. The molecule has 4 rings (SSSR count). The zero-order valence-electron chi connectivity index (χ0n) is 17.8. The van der Waals surface area contributed by atoms with E-state index in [2.05, 4.69) is 14.7 Å². The number of amides is 1. The summed E-state index contributed by atoms with van der Waals surface area (Å²) in [7, 11) is 0. The number of piperazine rings is 1. The van der Waals surface area contributed by atoms with Crippen LogP contribution < -0.4 is 0 Å². The average molecular weight is 393 g/mol. The first-order chi connectivity index (χ1) is 13.5. The second-order valence-electron chi connectivity index (χ2n) is 9.83. The Morgan fingerprint density at radius 3 is 2.18 bits per heavy atom. The number of hydrogen-bond acceptors (Lipinski definition) is 5. The van der Waals surface area contributed by atoms with Gasteiger partial charge in [0.2, 0.25) is 5.91 Å². The summed E-state index contributed by atoms with van der Waals surface area (Å²) in [6.07, 6.45) is 9.94. The molecule has 1 saturated carbocycles. The summed E-state index contributed by atoms with van der Waals surface area (Å²) >= 11 is 0. The van der Waals surface area contributed by atoms with Crippen molar-refractivity contribution >= 4 is 5.91 Å². The van der Waals surface area contributed by atoms with Crippen molar-refractivity contribution < 1.29 is 9.90 Å². The van der Waals surface area contributed by atoms with E-state index in [1.165, 1.54) is 58.3 Å². The predicted octanol–water partition coefficient (Wildman–Crippen LogP) is 1.38. The van der Waals surface area contributed by atoms with E-state index in [-0.39, 0.29) is 5.91 Å². The maximum absolute atomic E-state index is 11.8. The fraction of sp³-hybridized carbons (Fsp3) is 0.955. The lowest BCUT2D eigenvalue weighted by Crippen LogP contribution is -2.66. The maximum atomic E-state index is 11.8. The van der Waals surface area contributed by atoms with Crippen molar-refractivity contribution in [3.05, 3.63) is 0 Å². The molecule has 3 aliphatic heterocycles. The van der Waals surface area contributed by atoms with Crippen LogP contribution in [0.4, 0.5) is 0 Å². The zero-order chi connectivity index (χ0) is 19.6. The van der Waals surface area contributed by atoms with E-state index >= 15 is 0 Å². The highest BCUT2D eigenvalue weighted by Gasteiger charge is 2.40. The molecular formula is C22H40N4O2. The Balaban J connectivity index is 1.20. The lowest BCUT2D eigenvalue weighted by atomic mass is 9.93. The topological polar surface area (TPSA) is 50.3 Å². The van der Waals surface area contributed by atoms with Crippen LogP contribution in [0.5, 0.6) is 0 Å². The van der Waals surface area contributed by atoms with Crippen molar-refractivity contribution in [2.45, 2.75) is 76.0 Å². The van der Waals surface area contributed by atoms with Gasteiger partial charge in [0.05, 0.1) is 12.1 Å². The molecule has 1 unspecified atom stereocenters. The SMILES string of the molecule is CC(=O)N1CCCCC(O)(CN2CC(N3CCN(C4CCCCC4)CC3)C2)C1. The van der Waals surface area contributed by atoms with E-state index in [1.54, 1.807) is 6.92 Å². The van der Waals surface area contributed by atoms with E-state index in [9.17, 15) is 9.90 Å². The fourth-order valence-electron chi connectivity index (χ4n) is 5.90. The first kappa shape index (κ1) is 20.6. The van der Waals surface area contributed by atoms with Gasteiger partial charge in [0.15, 0.2) is 0 Å². The third-order valence-corrected chi connectivity index (χ3v) is 7.66. The van der Waals surface area contributed by atoms with Gasteiger partial charge in [-0.05, 0) is 32.1 Å². The molecule has 0 bridgehead atoms. The lowest BCUT2D eigenvalue weighted by Gasteiger charge is -2.51. The van der Waals surface area contributed by atoms with Gasteiger partial charge in [0.1, 0.15) is 0 Å². The minimum Gasteiger partial charge on any atom is -0.387 e. The van der Waals surface area contributed by atoms with E-state index in [0.717, 1.165) is 51.5 Å². The van der Waals surface area contributed by atoms with Gasteiger partial charge < -0.3 is 10.0 Å². The fourth-order valence-corrected chi connectivity index (χ4v) is 5.90. The number of likely N-dealkylation sites (tertiary alicyclic amines) is 2. The molecule has 1 amide bonds. The second-order valence-corrected chi connectivity index (χ2v) is 9.83. The van der Waals surface area contributed by atoms with Crippen molar-refractivity contribution in [1.82, 2.24) is 19.6 Å². The van der Waals surface area contributed by atoms with E-state index in [1.807, 2.05) is 4.90 Å². The molecule has 3 heterocycles. The Morgan fingerprint density at radius 1 is 0.893 bits per heavy atom. The molecule has 28 heavy (non-hydrogen) atoms. The number of rotatable bonds is 4. The number of nitrogens with zero attached hydrogens (tertiary/aromatic N) is 4.